The van der Waals surface area contributed by atoms with E-state index >= 15 is 0 Å². The number of methoxy groups -OCH3 is 1. The zero-order chi connectivity index (χ0) is 14.5. The Morgan fingerprint density at radius 1 is 1.47 bits per heavy atom. The molecule has 0 aliphatic heterocycles. The number of hydrogen-bond acceptors (Lipinski definition) is 6. The quantitative estimate of drug-likeness (QED) is 0.776. The Bertz CT molecular complexity index is 535. The Morgan fingerprint density at radius 3 is 2.68 bits per heavy atom. The molecule has 1 aromatic heterocycles. The van der Waals surface area contributed by atoms with E-state index in [1.165, 1.54) is 7.11 Å². The van der Waals surface area contributed by atoms with Gasteiger partial charge in [-0.2, -0.15) is 0 Å². The lowest BCUT2D eigenvalue weighted by Gasteiger charge is -1.98. The summed E-state index contributed by atoms with van der Waals surface area (Å²) < 4.78 is 28.4. The second-order valence-electron chi connectivity index (χ2n) is 4.07. The fourth-order valence-electron chi connectivity index (χ4n) is 1.59. The molecule has 0 fully saturated rings. The van der Waals surface area contributed by atoms with E-state index in [1.54, 1.807) is 6.92 Å². The van der Waals surface area contributed by atoms with E-state index in [-0.39, 0.29) is 24.5 Å². The van der Waals surface area contributed by atoms with Crippen molar-refractivity contribution in [2.24, 2.45) is 0 Å². The average Bonchev–Trinajstić information content (AvgIpc) is 2.58. The van der Waals surface area contributed by atoms with Gasteiger partial charge < -0.3 is 9.84 Å². The molecule has 0 aromatic carbocycles. The van der Waals surface area contributed by atoms with Crippen LogP contribution in [-0.2, 0) is 38.1 Å². The first-order valence-electron chi connectivity index (χ1n) is 5.76. The molecule has 0 bridgehead atoms. The Morgan fingerprint density at radius 2 is 2.16 bits per heavy atom. The number of carboxylic acid groups (broad SMARTS) is 1. The number of nitrogens with zero attached hydrogens (tertiary/aromatic N) is 1. The lowest BCUT2D eigenvalue weighted by atomic mass is 10.3. The van der Waals surface area contributed by atoms with Crippen LogP contribution in [0.3, 0.4) is 0 Å². The van der Waals surface area contributed by atoms with Crippen molar-refractivity contribution in [3.05, 3.63) is 15.6 Å². The summed E-state index contributed by atoms with van der Waals surface area (Å²) in [5.74, 6) is -0.994. The molecular weight excluding hydrogens is 290 g/mol. The molecule has 0 amide bonds. The SMILES string of the molecule is CCCS(=O)(=O)Cc1nc(COC)c(CC(=O)O)s1. The fourth-order valence-corrected chi connectivity index (χ4v) is 4.43. The molecular formula is C11H17NO5S2. The topological polar surface area (TPSA) is 93.6 Å². The van der Waals surface area contributed by atoms with Crippen LogP contribution in [0.5, 0.6) is 0 Å². The summed E-state index contributed by atoms with van der Waals surface area (Å²) in [6.45, 7) is 1.98. The Labute approximate surface area is 116 Å². The molecule has 1 rings (SSSR count). The van der Waals surface area contributed by atoms with Gasteiger partial charge in [0.05, 0.1) is 24.5 Å². The molecule has 0 saturated carbocycles. The largest absolute Gasteiger partial charge is 0.481 e. The first-order valence-corrected chi connectivity index (χ1v) is 8.40. The van der Waals surface area contributed by atoms with Gasteiger partial charge in [0.25, 0.3) is 0 Å². The fraction of sp³-hybridized carbons (Fsp3) is 0.636. The van der Waals surface area contributed by atoms with Crippen molar-refractivity contribution < 1.29 is 23.1 Å². The molecule has 1 heterocycles. The van der Waals surface area contributed by atoms with Gasteiger partial charge in [0.2, 0.25) is 0 Å². The third-order valence-electron chi connectivity index (χ3n) is 2.27. The van der Waals surface area contributed by atoms with Gasteiger partial charge in [-0.3, -0.25) is 4.79 Å². The van der Waals surface area contributed by atoms with Gasteiger partial charge in [-0.25, -0.2) is 13.4 Å². The van der Waals surface area contributed by atoms with E-state index in [9.17, 15) is 13.2 Å². The molecule has 6 nitrogen and oxygen atoms in total. The lowest BCUT2D eigenvalue weighted by molar-refractivity contribution is -0.136. The van der Waals surface area contributed by atoms with Crippen LogP contribution >= 0.6 is 11.3 Å². The van der Waals surface area contributed by atoms with E-state index < -0.39 is 15.8 Å². The number of rotatable bonds is 8. The molecule has 0 spiro atoms. The molecule has 0 aliphatic carbocycles. The van der Waals surface area contributed by atoms with Crippen LogP contribution in [0.1, 0.15) is 28.9 Å². The van der Waals surface area contributed by atoms with Crippen molar-refractivity contribution >= 4 is 27.1 Å². The molecule has 8 heteroatoms. The summed E-state index contributed by atoms with van der Waals surface area (Å²) >= 11 is 1.13. The number of carbonyl (C=O) groups is 1. The number of aliphatic carboxylic acids is 1. The maximum absolute atomic E-state index is 11.7. The Kier molecular flexibility index (Phi) is 5.89. The van der Waals surface area contributed by atoms with E-state index in [0.717, 1.165) is 11.3 Å². The van der Waals surface area contributed by atoms with Crippen molar-refractivity contribution in [2.45, 2.75) is 32.1 Å². The zero-order valence-electron chi connectivity index (χ0n) is 10.9. The number of thiazole rings is 1. The maximum atomic E-state index is 11.7. The highest BCUT2D eigenvalue weighted by molar-refractivity contribution is 7.90. The Balaban J connectivity index is 2.94. The summed E-state index contributed by atoms with van der Waals surface area (Å²) in [5, 5.41) is 9.23. The predicted molar refractivity (Wildman–Crippen MR) is 71.9 cm³/mol. The molecule has 0 radical (unpaired) electrons. The summed E-state index contributed by atoms with van der Waals surface area (Å²) in [7, 11) is -1.69. The minimum absolute atomic E-state index is 0.112. The van der Waals surface area contributed by atoms with Crippen LogP contribution in [0.25, 0.3) is 0 Å². The van der Waals surface area contributed by atoms with Crippen molar-refractivity contribution in [1.29, 1.82) is 0 Å². The Hall–Kier alpha value is -0.990. The van der Waals surface area contributed by atoms with Crippen molar-refractivity contribution in [3.63, 3.8) is 0 Å². The standard InChI is InChI=1S/C11H17NO5S2/c1-3-4-19(15,16)7-10-12-8(6-17-2)9(18-10)5-11(13)14/h3-7H2,1-2H3,(H,13,14). The summed E-state index contributed by atoms with van der Waals surface area (Å²) in [5.41, 5.74) is 0.511. The van der Waals surface area contributed by atoms with Gasteiger partial charge in [0.15, 0.2) is 9.84 Å². The average molecular weight is 307 g/mol. The van der Waals surface area contributed by atoms with Crippen molar-refractivity contribution in [3.8, 4) is 0 Å². The van der Waals surface area contributed by atoms with Crippen LogP contribution < -0.4 is 0 Å². The second kappa shape index (κ2) is 6.97. The molecule has 19 heavy (non-hydrogen) atoms. The molecule has 1 aromatic rings. The predicted octanol–water partition coefficient (Wildman–Crippen LogP) is 1.24. The van der Waals surface area contributed by atoms with E-state index in [4.69, 9.17) is 9.84 Å². The number of hydrogen-bond donors (Lipinski definition) is 1. The van der Waals surface area contributed by atoms with Crippen LogP contribution in [0.15, 0.2) is 0 Å². The highest BCUT2D eigenvalue weighted by Crippen LogP contribution is 2.22. The van der Waals surface area contributed by atoms with Crippen LogP contribution in [-0.4, -0.2) is 37.3 Å². The third-order valence-corrected chi connectivity index (χ3v) is 5.30. The van der Waals surface area contributed by atoms with Crippen LogP contribution in [0.4, 0.5) is 0 Å². The zero-order valence-corrected chi connectivity index (χ0v) is 12.5. The first kappa shape index (κ1) is 16.1. The number of ether oxygens (including phenoxy) is 1. The van der Waals surface area contributed by atoms with Crippen LogP contribution in [0.2, 0.25) is 0 Å². The van der Waals surface area contributed by atoms with E-state index in [0.29, 0.717) is 22.0 Å². The van der Waals surface area contributed by atoms with Gasteiger partial charge >= 0.3 is 5.97 Å². The highest BCUT2D eigenvalue weighted by Gasteiger charge is 2.18. The van der Waals surface area contributed by atoms with Gasteiger partial charge in [0.1, 0.15) is 10.8 Å². The molecule has 0 saturated heterocycles. The second-order valence-corrected chi connectivity index (χ2v) is 7.43. The minimum atomic E-state index is -3.17. The summed E-state index contributed by atoms with van der Waals surface area (Å²) in [6, 6.07) is 0. The molecule has 0 aliphatic rings. The first-order chi connectivity index (χ1) is 8.88. The lowest BCUT2D eigenvalue weighted by Crippen LogP contribution is -2.08. The summed E-state index contributed by atoms with van der Waals surface area (Å²) in [6.07, 6.45) is 0.394. The van der Waals surface area contributed by atoms with E-state index in [2.05, 4.69) is 4.98 Å². The minimum Gasteiger partial charge on any atom is -0.481 e. The van der Waals surface area contributed by atoms with Crippen molar-refractivity contribution in [2.75, 3.05) is 12.9 Å². The van der Waals surface area contributed by atoms with Gasteiger partial charge in [-0.05, 0) is 6.42 Å². The molecule has 0 unspecified atom stereocenters. The van der Waals surface area contributed by atoms with Crippen molar-refractivity contribution in [1.82, 2.24) is 4.98 Å². The van der Waals surface area contributed by atoms with E-state index in [1.807, 2.05) is 0 Å². The monoisotopic (exact) mass is 307 g/mol. The van der Waals surface area contributed by atoms with Gasteiger partial charge in [0, 0.05) is 12.0 Å². The van der Waals surface area contributed by atoms with Gasteiger partial charge in [-0.15, -0.1) is 11.3 Å². The number of sulfone groups is 1. The molecule has 1 N–H and O–H groups in total. The smallest absolute Gasteiger partial charge is 0.308 e. The number of carboxylic acids is 1. The normalized spacial score (nSPS) is 11.7. The third kappa shape index (κ3) is 5.25. The van der Waals surface area contributed by atoms with Gasteiger partial charge in [-0.1, -0.05) is 6.92 Å². The highest BCUT2D eigenvalue weighted by atomic mass is 32.2. The number of aromatic nitrogens is 1. The maximum Gasteiger partial charge on any atom is 0.308 e. The molecule has 108 valence electrons. The molecule has 0 atom stereocenters. The van der Waals surface area contributed by atoms with Crippen LogP contribution in [0, 0.1) is 0 Å². The summed E-state index contributed by atoms with van der Waals surface area (Å²) in [4.78, 5) is 15.5.